The van der Waals surface area contributed by atoms with Crippen LogP contribution in [0.5, 0.6) is 0 Å². The van der Waals surface area contributed by atoms with Gasteiger partial charge in [-0.2, -0.15) is 0 Å². The zero-order chi connectivity index (χ0) is 14.8. The normalized spacial score (nSPS) is 28.1. The molecule has 3 unspecified atom stereocenters. The molecule has 2 heterocycles. The average molecular weight is 308 g/mol. The second-order valence-corrected chi connectivity index (χ2v) is 5.97. The highest BCUT2D eigenvalue weighted by Gasteiger charge is 2.44. The number of amides is 1. The predicted molar refractivity (Wildman–Crippen MR) is 79.4 cm³/mol. The molecule has 0 spiro atoms. The van der Waals surface area contributed by atoms with Crippen LogP contribution < -0.4 is 21.1 Å². The van der Waals surface area contributed by atoms with Crippen LogP contribution in [0.4, 0.5) is 5.69 Å². The molecule has 2 aliphatic rings. The van der Waals surface area contributed by atoms with Crippen LogP contribution in [-0.2, 0) is 9.59 Å². The van der Waals surface area contributed by atoms with E-state index in [-0.39, 0.29) is 23.7 Å². The fraction of sp³-hybridized carbons (Fsp3) is 0.385. The molecule has 3 rings (SSSR count). The summed E-state index contributed by atoms with van der Waals surface area (Å²) in [5, 5.41) is 16.8. The Bertz CT molecular complexity index is 541. The van der Waals surface area contributed by atoms with Gasteiger partial charge in [-0.1, -0.05) is 18.2 Å². The summed E-state index contributed by atoms with van der Waals surface area (Å²) in [7, 11) is 0. The zero-order valence-corrected chi connectivity index (χ0v) is 12.0. The van der Waals surface area contributed by atoms with Crippen molar-refractivity contribution in [2.45, 2.75) is 11.7 Å². The highest BCUT2D eigenvalue weighted by Crippen LogP contribution is 2.26. The first kappa shape index (κ1) is 14.2. The summed E-state index contributed by atoms with van der Waals surface area (Å²) < 4.78 is 0. The van der Waals surface area contributed by atoms with Gasteiger partial charge in [0.05, 0.1) is 17.4 Å². The smallest absolute Gasteiger partial charge is 0.313 e. The van der Waals surface area contributed by atoms with Crippen molar-refractivity contribution in [3.63, 3.8) is 0 Å². The molecule has 0 aromatic heterocycles. The number of thioether (sulfide) groups is 1. The van der Waals surface area contributed by atoms with Crippen molar-refractivity contribution >= 4 is 29.3 Å². The Kier molecular flexibility index (Phi) is 4.00. The number of anilines is 1. The molecule has 0 aliphatic carbocycles. The Balaban J connectivity index is 1.73. The number of aliphatic carboxylic acids is 1. The third-order valence-corrected chi connectivity index (χ3v) is 4.48. The van der Waals surface area contributed by atoms with Crippen LogP contribution in [0.15, 0.2) is 30.3 Å². The lowest BCUT2D eigenvalue weighted by Gasteiger charge is -2.36. The number of nitrogens with zero attached hydrogens (tertiary/aromatic N) is 1. The van der Waals surface area contributed by atoms with Crippen molar-refractivity contribution in [1.82, 2.24) is 16.1 Å². The number of carboxylic acids is 1. The summed E-state index contributed by atoms with van der Waals surface area (Å²) in [5.41, 5.74) is 3.78. The molecule has 1 aromatic carbocycles. The van der Waals surface area contributed by atoms with E-state index >= 15 is 0 Å². The number of para-hydroxylation sites is 1. The van der Waals surface area contributed by atoms with Gasteiger partial charge in [-0.3, -0.25) is 19.9 Å². The van der Waals surface area contributed by atoms with Gasteiger partial charge in [-0.15, -0.1) is 11.8 Å². The molecule has 3 atom stereocenters. The van der Waals surface area contributed by atoms with Crippen molar-refractivity contribution in [3.05, 3.63) is 30.3 Å². The molecule has 112 valence electrons. The van der Waals surface area contributed by atoms with Gasteiger partial charge in [-0.25, -0.2) is 5.43 Å². The number of carbonyl (C=O) groups is 2. The number of rotatable bonds is 4. The molecule has 0 saturated carbocycles. The van der Waals surface area contributed by atoms with E-state index in [4.69, 9.17) is 5.11 Å². The molecule has 2 saturated heterocycles. The number of hydrogen-bond donors (Lipinski definition) is 4. The third-order valence-electron chi connectivity index (χ3n) is 3.48. The number of nitrogens with one attached hydrogen (secondary N) is 3. The molecule has 2 aliphatic heterocycles. The number of carboxylic acid groups (broad SMARTS) is 1. The predicted octanol–water partition coefficient (Wildman–Crippen LogP) is -0.226. The van der Waals surface area contributed by atoms with E-state index in [0.717, 1.165) is 17.4 Å². The van der Waals surface area contributed by atoms with Crippen molar-refractivity contribution in [1.29, 1.82) is 0 Å². The van der Waals surface area contributed by atoms with Crippen molar-refractivity contribution < 1.29 is 14.7 Å². The fourth-order valence-electron chi connectivity index (χ4n) is 2.53. The van der Waals surface area contributed by atoms with Crippen LogP contribution >= 0.6 is 11.8 Å². The lowest BCUT2D eigenvalue weighted by atomic mass is 10.1. The second-order valence-electron chi connectivity index (χ2n) is 4.88. The third kappa shape index (κ3) is 2.97. The average Bonchev–Trinajstić information content (AvgIpc) is 2.90. The van der Waals surface area contributed by atoms with Crippen LogP contribution in [0.3, 0.4) is 0 Å². The largest absolute Gasteiger partial charge is 0.481 e. The maximum Gasteiger partial charge on any atom is 0.313 e. The maximum atomic E-state index is 12.1. The first-order valence-corrected chi connectivity index (χ1v) is 7.67. The van der Waals surface area contributed by atoms with Crippen LogP contribution in [0.25, 0.3) is 0 Å². The lowest BCUT2D eigenvalue weighted by Crippen LogP contribution is -2.63. The van der Waals surface area contributed by atoms with Crippen molar-refractivity contribution in [2.24, 2.45) is 5.92 Å². The van der Waals surface area contributed by atoms with E-state index in [0.29, 0.717) is 6.54 Å². The fourth-order valence-corrected chi connectivity index (χ4v) is 3.28. The van der Waals surface area contributed by atoms with Gasteiger partial charge < -0.3 is 10.4 Å². The molecule has 1 amide bonds. The van der Waals surface area contributed by atoms with E-state index in [1.807, 2.05) is 35.3 Å². The van der Waals surface area contributed by atoms with Gasteiger partial charge in [0.25, 0.3) is 0 Å². The standard InChI is InChI=1S/C13H16N4O3S/c18-10(19)7-21-13-15-11-9(12(20)16-13)6-14-17(11)8-4-2-1-3-5-8/h1-5,9,11,13-15H,6-7H2,(H,16,20)(H,18,19). The van der Waals surface area contributed by atoms with Gasteiger partial charge in [-0.05, 0) is 12.1 Å². The molecule has 1 aromatic rings. The first-order valence-electron chi connectivity index (χ1n) is 6.63. The summed E-state index contributed by atoms with van der Waals surface area (Å²) in [6.45, 7) is 0.550. The number of hydrazine groups is 1. The summed E-state index contributed by atoms with van der Waals surface area (Å²) in [6.07, 6.45) is -0.188. The Morgan fingerprint density at radius 2 is 2.14 bits per heavy atom. The molecule has 8 heteroatoms. The zero-order valence-electron chi connectivity index (χ0n) is 11.2. The minimum Gasteiger partial charge on any atom is -0.481 e. The Labute approximate surface area is 126 Å². The Hall–Kier alpha value is -1.77. The first-order chi connectivity index (χ1) is 10.1. The Morgan fingerprint density at radius 3 is 2.86 bits per heavy atom. The second kappa shape index (κ2) is 5.92. The van der Waals surface area contributed by atoms with Crippen molar-refractivity contribution in [3.8, 4) is 0 Å². The van der Waals surface area contributed by atoms with E-state index in [1.165, 1.54) is 0 Å². The van der Waals surface area contributed by atoms with Gasteiger partial charge in [0.1, 0.15) is 11.7 Å². The van der Waals surface area contributed by atoms with Crippen LogP contribution in [0.2, 0.25) is 0 Å². The van der Waals surface area contributed by atoms with E-state index in [9.17, 15) is 9.59 Å². The minimum atomic E-state index is -0.900. The SMILES string of the molecule is O=C(O)CSC1NC(=O)C2CNN(c3ccccc3)C2N1. The van der Waals surface area contributed by atoms with Gasteiger partial charge in [0.15, 0.2) is 0 Å². The number of benzene rings is 1. The van der Waals surface area contributed by atoms with Crippen LogP contribution in [0.1, 0.15) is 0 Å². The Morgan fingerprint density at radius 1 is 1.38 bits per heavy atom. The quantitative estimate of drug-likeness (QED) is 0.611. The molecule has 4 N–H and O–H groups in total. The molecule has 0 bridgehead atoms. The van der Waals surface area contributed by atoms with E-state index < -0.39 is 11.5 Å². The topological polar surface area (TPSA) is 93.7 Å². The van der Waals surface area contributed by atoms with Gasteiger partial charge >= 0.3 is 5.97 Å². The molecule has 7 nitrogen and oxygen atoms in total. The van der Waals surface area contributed by atoms with Crippen LogP contribution in [0, 0.1) is 5.92 Å². The molecule has 0 radical (unpaired) electrons. The number of fused-ring (bicyclic) bond motifs is 1. The highest BCUT2D eigenvalue weighted by molar-refractivity contribution is 8.00. The highest BCUT2D eigenvalue weighted by atomic mass is 32.2. The molecular formula is C13H16N4O3S. The monoisotopic (exact) mass is 308 g/mol. The maximum absolute atomic E-state index is 12.1. The van der Waals surface area contributed by atoms with E-state index in [2.05, 4.69) is 16.1 Å². The van der Waals surface area contributed by atoms with E-state index in [1.54, 1.807) is 0 Å². The molecule has 21 heavy (non-hydrogen) atoms. The minimum absolute atomic E-state index is 0.0614. The molecular weight excluding hydrogens is 292 g/mol. The summed E-state index contributed by atoms with van der Waals surface area (Å²) >= 11 is 1.16. The summed E-state index contributed by atoms with van der Waals surface area (Å²) in [4.78, 5) is 22.8. The molecule has 2 fully saturated rings. The lowest BCUT2D eigenvalue weighted by molar-refractivity contribution is -0.134. The number of hydrogen-bond acceptors (Lipinski definition) is 6. The van der Waals surface area contributed by atoms with Gasteiger partial charge in [0.2, 0.25) is 5.91 Å². The summed E-state index contributed by atoms with van der Waals surface area (Å²) in [5.74, 6) is -1.23. The van der Waals surface area contributed by atoms with Gasteiger partial charge in [0, 0.05) is 6.54 Å². The number of carbonyl (C=O) groups excluding carboxylic acids is 1. The summed E-state index contributed by atoms with van der Waals surface area (Å²) in [6, 6.07) is 9.73. The van der Waals surface area contributed by atoms with Crippen LogP contribution in [-0.4, -0.2) is 40.9 Å². The van der Waals surface area contributed by atoms with Crippen molar-refractivity contribution in [2.75, 3.05) is 17.3 Å².